The summed E-state index contributed by atoms with van der Waals surface area (Å²) in [4.78, 5) is 0. The van der Waals surface area contributed by atoms with E-state index in [0.717, 1.165) is 24.3 Å². The highest BCUT2D eigenvalue weighted by Crippen LogP contribution is 2.34. The lowest BCUT2D eigenvalue weighted by Crippen LogP contribution is -2.07. The first-order chi connectivity index (χ1) is 4.68. The van der Waals surface area contributed by atoms with Gasteiger partial charge in [-0.05, 0) is 25.7 Å². The van der Waals surface area contributed by atoms with E-state index in [-0.39, 0.29) is 6.10 Å². The Morgan fingerprint density at radius 3 is 2.70 bits per heavy atom. The van der Waals surface area contributed by atoms with Crippen LogP contribution in [-0.4, -0.2) is 11.2 Å². The van der Waals surface area contributed by atoms with Gasteiger partial charge in [-0.2, -0.15) is 0 Å². The minimum Gasteiger partial charge on any atom is -0.393 e. The van der Waals surface area contributed by atoms with Crippen molar-refractivity contribution in [3.05, 3.63) is 12.2 Å². The van der Waals surface area contributed by atoms with Crippen molar-refractivity contribution in [2.45, 2.75) is 38.7 Å². The fraction of sp³-hybridized carbons (Fsp3) is 0.778. The van der Waals surface area contributed by atoms with Crippen molar-refractivity contribution < 1.29 is 5.11 Å². The largest absolute Gasteiger partial charge is 0.393 e. The molecule has 0 amide bonds. The van der Waals surface area contributed by atoms with E-state index in [4.69, 9.17) is 0 Å². The molecule has 0 aromatic heterocycles. The van der Waals surface area contributed by atoms with Gasteiger partial charge >= 0.3 is 0 Å². The Balaban J connectivity index is 2.07. The van der Waals surface area contributed by atoms with E-state index in [0.29, 0.717) is 0 Å². The Hall–Kier alpha value is -0.300. The van der Waals surface area contributed by atoms with Gasteiger partial charge in [0, 0.05) is 0 Å². The van der Waals surface area contributed by atoms with Crippen molar-refractivity contribution in [3.8, 4) is 0 Å². The van der Waals surface area contributed by atoms with Crippen LogP contribution in [0, 0.1) is 5.92 Å². The summed E-state index contributed by atoms with van der Waals surface area (Å²) in [5.74, 6) is 0.828. The third kappa shape index (κ3) is 3.02. The van der Waals surface area contributed by atoms with E-state index in [1.165, 1.54) is 12.8 Å². The van der Waals surface area contributed by atoms with Crippen LogP contribution in [-0.2, 0) is 0 Å². The molecule has 0 saturated heterocycles. The molecule has 10 heavy (non-hydrogen) atoms. The molecule has 0 bridgehead atoms. The van der Waals surface area contributed by atoms with Gasteiger partial charge in [-0.1, -0.05) is 18.4 Å². The van der Waals surface area contributed by atoms with Crippen LogP contribution < -0.4 is 0 Å². The normalized spacial score (nSPS) is 20.6. The first-order valence-electron chi connectivity index (χ1n) is 4.01. The van der Waals surface area contributed by atoms with Crippen LogP contribution in [0.4, 0.5) is 0 Å². The van der Waals surface area contributed by atoms with Crippen LogP contribution in [0.25, 0.3) is 0 Å². The summed E-state index contributed by atoms with van der Waals surface area (Å²) in [5, 5.41) is 9.37. The van der Waals surface area contributed by atoms with E-state index >= 15 is 0 Å². The van der Waals surface area contributed by atoms with Gasteiger partial charge in [0.05, 0.1) is 6.10 Å². The molecule has 1 aliphatic carbocycles. The summed E-state index contributed by atoms with van der Waals surface area (Å²) >= 11 is 0. The van der Waals surface area contributed by atoms with E-state index in [2.05, 4.69) is 6.58 Å². The molecule has 1 saturated carbocycles. The zero-order valence-electron chi connectivity index (χ0n) is 6.64. The Morgan fingerprint density at radius 1 is 1.70 bits per heavy atom. The quantitative estimate of drug-likeness (QED) is 0.593. The second kappa shape index (κ2) is 3.20. The summed E-state index contributed by atoms with van der Waals surface area (Å²) in [6.07, 6.45) is 4.31. The average Bonchev–Trinajstić information content (AvgIpc) is 2.46. The molecule has 1 fully saturated rings. The standard InChI is InChI=1S/C9H16O/c1-7(2)5-9(10)6-8-3-4-8/h8-10H,1,3-6H2,2H3. The van der Waals surface area contributed by atoms with E-state index in [1.54, 1.807) is 0 Å². The smallest absolute Gasteiger partial charge is 0.0579 e. The highest BCUT2D eigenvalue weighted by Gasteiger charge is 2.24. The first kappa shape index (κ1) is 7.80. The average molecular weight is 140 g/mol. The van der Waals surface area contributed by atoms with Gasteiger partial charge in [0.1, 0.15) is 0 Å². The number of rotatable bonds is 4. The van der Waals surface area contributed by atoms with Gasteiger partial charge in [0.25, 0.3) is 0 Å². The van der Waals surface area contributed by atoms with Gasteiger partial charge < -0.3 is 5.11 Å². The van der Waals surface area contributed by atoms with Crippen LogP contribution in [0.2, 0.25) is 0 Å². The molecule has 1 rings (SSSR count). The van der Waals surface area contributed by atoms with E-state index in [1.807, 2.05) is 6.92 Å². The molecule has 1 atom stereocenters. The Bertz CT molecular complexity index is 125. The molecule has 58 valence electrons. The number of hydrogen-bond acceptors (Lipinski definition) is 1. The lowest BCUT2D eigenvalue weighted by Gasteiger charge is -2.08. The molecule has 0 heterocycles. The molecule has 1 unspecified atom stereocenters. The van der Waals surface area contributed by atoms with Gasteiger partial charge in [0.15, 0.2) is 0 Å². The molecule has 1 heteroatoms. The fourth-order valence-electron chi connectivity index (χ4n) is 1.22. The number of hydrogen-bond donors (Lipinski definition) is 1. The Labute approximate surface area is 62.8 Å². The lowest BCUT2D eigenvalue weighted by molar-refractivity contribution is 0.158. The van der Waals surface area contributed by atoms with Gasteiger partial charge in [-0.3, -0.25) is 0 Å². The predicted octanol–water partition coefficient (Wildman–Crippen LogP) is 2.11. The predicted molar refractivity (Wildman–Crippen MR) is 42.8 cm³/mol. The highest BCUT2D eigenvalue weighted by molar-refractivity contribution is 4.91. The van der Waals surface area contributed by atoms with Crippen molar-refractivity contribution in [2.24, 2.45) is 5.92 Å². The van der Waals surface area contributed by atoms with Crippen LogP contribution in [0.1, 0.15) is 32.6 Å². The molecule has 0 aromatic carbocycles. The summed E-state index contributed by atoms with van der Waals surface area (Å²) < 4.78 is 0. The third-order valence-corrected chi connectivity index (χ3v) is 1.89. The topological polar surface area (TPSA) is 20.2 Å². The first-order valence-corrected chi connectivity index (χ1v) is 4.01. The molecule has 0 aliphatic heterocycles. The fourth-order valence-corrected chi connectivity index (χ4v) is 1.22. The zero-order valence-corrected chi connectivity index (χ0v) is 6.64. The highest BCUT2D eigenvalue weighted by atomic mass is 16.3. The van der Waals surface area contributed by atoms with Gasteiger partial charge in [-0.15, -0.1) is 6.58 Å². The molecular weight excluding hydrogens is 124 g/mol. The minimum absolute atomic E-state index is 0.120. The van der Waals surface area contributed by atoms with Crippen molar-refractivity contribution in [2.75, 3.05) is 0 Å². The monoisotopic (exact) mass is 140 g/mol. The molecule has 1 aliphatic rings. The van der Waals surface area contributed by atoms with E-state index in [9.17, 15) is 5.11 Å². The zero-order chi connectivity index (χ0) is 7.56. The molecule has 0 aromatic rings. The van der Waals surface area contributed by atoms with E-state index < -0.39 is 0 Å². The molecule has 0 spiro atoms. The van der Waals surface area contributed by atoms with Crippen LogP contribution in [0.5, 0.6) is 0 Å². The minimum atomic E-state index is -0.120. The van der Waals surface area contributed by atoms with Gasteiger partial charge in [0.2, 0.25) is 0 Å². The summed E-state index contributed by atoms with van der Waals surface area (Å²) in [6.45, 7) is 5.73. The summed E-state index contributed by atoms with van der Waals surface area (Å²) in [5.41, 5.74) is 1.09. The SMILES string of the molecule is C=C(C)CC(O)CC1CC1. The Morgan fingerprint density at radius 2 is 2.30 bits per heavy atom. The third-order valence-electron chi connectivity index (χ3n) is 1.89. The Kier molecular flexibility index (Phi) is 2.50. The van der Waals surface area contributed by atoms with Crippen molar-refractivity contribution >= 4 is 0 Å². The van der Waals surface area contributed by atoms with Gasteiger partial charge in [-0.25, -0.2) is 0 Å². The van der Waals surface area contributed by atoms with Crippen LogP contribution in [0.3, 0.4) is 0 Å². The molecular formula is C9H16O. The maximum atomic E-state index is 9.37. The lowest BCUT2D eigenvalue weighted by atomic mass is 10.1. The summed E-state index contributed by atoms with van der Waals surface area (Å²) in [7, 11) is 0. The van der Waals surface area contributed by atoms with Crippen LogP contribution in [0.15, 0.2) is 12.2 Å². The van der Waals surface area contributed by atoms with Crippen molar-refractivity contribution in [1.82, 2.24) is 0 Å². The summed E-state index contributed by atoms with van der Waals surface area (Å²) in [6, 6.07) is 0. The number of aliphatic hydroxyl groups excluding tert-OH is 1. The maximum absolute atomic E-state index is 9.37. The molecule has 1 nitrogen and oxygen atoms in total. The number of aliphatic hydroxyl groups is 1. The second-order valence-corrected chi connectivity index (χ2v) is 3.49. The molecule has 0 radical (unpaired) electrons. The van der Waals surface area contributed by atoms with Crippen molar-refractivity contribution in [1.29, 1.82) is 0 Å². The van der Waals surface area contributed by atoms with Crippen molar-refractivity contribution in [3.63, 3.8) is 0 Å². The molecule has 1 N–H and O–H groups in total. The van der Waals surface area contributed by atoms with Crippen LogP contribution >= 0.6 is 0 Å². The maximum Gasteiger partial charge on any atom is 0.0579 e. The second-order valence-electron chi connectivity index (χ2n) is 3.49.